The molecule has 0 saturated carbocycles. The molecule has 1 aromatic rings. The lowest BCUT2D eigenvalue weighted by Crippen LogP contribution is -2.49. The van der Waals surface area contributed by atoms with Crippen LogP contribution in [-0.2, 0) is 4.79 Å². The Morgan fingerprint density at radius 2 is 2.16 bits per heavy atom. The zero-order valence-electron chi connectivity index (χ0n) is 11.5. The van der Waals surface area contributed by atoms with Gasteiger partial charge in [-0.05, 0) is 31.9 Å². The zero-order chi connectivity index (χ0) is 13.8. The summed E-state index contributed by atoms with van der Waals surface area (Å²) >= 11 is 0. The minimum Gasteiger partial charge on any atom is -0.352 e. The summed E-state index contributed by atoms with van der Waals surface area (Å²) in [5, 5.41) is 2.90. The van der Waals surface area contributed by atoms with Crippen LogP contribution in [0.4, 0.5) is 0 Å². The van der Waals surface area contributed by atoms with Crippen LogP contribution in [-0.4, -0.2) is 35.8 Å². The number of carbonyl (C=O) groups is 2. The van der Waals surface area contributed by atoms with Gasteiger partial charge in [-0.2, -0.15) is 0 Å². The van der Waals surface area contributed by atoms with E-state index in [0.717, 1.165) is 30.5 Å². The predicted molar refractivity (Wildman–Crippen MR) is 73.9 cm³/mol. The number of nitrogens with zero attached hydrogens (tertiary/aromatic N) is 1. The zero-order valence-corrected chi connectivity index (χ0v) is 11.5. The third-order valence-corrected chi connectivity index (χ3v) is 3.38. The van der Waals surface area contributed by atoms with Gasteiger partial charge in [-0.25, -0.2) is 0 Å². The van der Waals surface area contributed by atoms with Crippen LogP contribution in [0, 0.1) is 6.92 Å². The van der Waals surface area contributed by atoms with Gasteiger partial charge in [0.2, 0.25) is 5.91 Å². The number of amides is 2. The van der Waals surface area contributed by atoms with Gasteiger partial charge in [0.1, 0.15) is 0 Å². The van der Waals surface area contributed by atoms with Crippen LogP contribution in [0.25, 0.3) is 0 Å². The largest absolute Gasteiger partial charge is 0.352 e. The van der Waals surface area contributed by atoms with E-state index in [1.807, 2.05) is 36.1 Å². The van der Waals surface area contributed by atoms with Crippen molar-refractivity contribution in [1.82, 2.24) is 10.2 Å². The van der Waals surface area contributed by atoms with Gasteiger partial charge in [0.25, 0.3) is 5.91 Å². The lowest BCUT2D eigenvalue weighted by atomic mass is 10.0. The first-order chi connectivity index (χ1) is 9.06. The number of benzene rings is 1. The van der Waals surface area contributed by atoms with Crippen LogP contribution in [0.1, 0.15) is 35.7 Å². The van der Waals surface area contributed by atoms with E-state index in [1.54, 1.807) is 0 Å². The Kier molecular flexibility index (Phi) is 4.20. The monoisotopic (exact) mass is 260 g/mol. The summed E-state index contributed by atoms with van der Waals surface area (Å²) in [5.41, 5.74) is 1.81. The smallest absolute Gasteiger partial charge is 0.253 e. The average Bonchev–Trinajstić information content (AvgIpc) is 2.37. The summed E-state index contributed by atoms with van der Waals surface area (Å²) < 4.78 is 0. The van der Waals surface area contributed by atoms with Crippen LogP contribution >= 0.6 is 0 Å². The Labute approximate surface area is 113 Å². The highest BCUT2D eigenvalue weighted by molar-refractivity contribution is 5.94. The first kappa shape index (κ1) is 13.6. The van der Waals surface area contributed by atoms with E-state index in [0.29, 0.717) is 6.54 Å². The number of hydrogen-bond acceptors (Lipinski definition) is 2. The minimum absolute atomic E-state index is 0.0325. The third-order valence-electron chi connectivity index (χ3n) is 3.38. The highest BCUT2D eigenvalue weighted by Gasteiger charge is 2.24. The number of piperidine rings is 1. The summed E-state index contributed by atoms with van der Waals surface area (Å²) in [6.45, 7) is 4.86. The fourth-order valence-electron chi connectivity index (χ4n) is 2.53. The first-order valence-corrected chi connectivity index (χ1v) is 6.69. The molecular weight excluding hydrogens is 240 g/mol. The lowest BCUT2D eigenvalue weighted by Gasteiger charge is -2.33. The van der Waals surface area contributed by atoms with E-state index < -0.39 is 0 Å². The Balaban J connectivity index is 2.04. The molecule has 0 aromatic heterocycles. The molecule has 2 rings (SSSR count). The molecule has 0 radical (unpaired) electrons. The second-order valence-electron chi connectivity index (χ2n) is 5.16. The Bertz CT molecular complexity index is 485. The minimum atomic E-state index is -0.0325. The average molecular weight is 260 g/mol. The maximum Gasteiger partial charge on any atom is 0.253 e. The number of nitrogens with one attached hydrogen (secondary N) is 1. The van der Waals surface area contributed by atoms with E-state index >= 15 is 0 Å². The predicted octanol–water partition coefficient (Wildman–Crippen LogP) is 1.74. The quantitative estimate of drug-likeness (QED) is 0.880. The van der Waals surface area contributed by atoms with Gasteiger partial charge >= 0.3 is 0 Å². The third kappa shape index (κ3) is 3.56. The number of rotatable bonds is 2. The fourth-order valence-corrected chi connectivity index (χ4v) is 2.53. The molecule has 1 heterocycles. The molecule has 1 aromatic carbocycles. The van der Waals surface area contributed by atoms with E-state index in [9.17, 15) is 9.59 Å². The second-order valence-corrected chi connectivity index (χ2v) is 5.16. The standard InChI is InChI=1S/C15H20N2O2/c1-11-5-3-6-13(9-11)15(19)17-8-4-7-14(10-17)16-12(2)18/h3,5-6,9,14H,4,7-8,10H2,1-2H3,(H,16,18). The van der Waals surface area contributed by atoms with Crippen molar-refractivity contribution in [1.29, 1.82) is 0 Å². The first-order valence-electron chi connectivity index (χ1n) is 6.69. The molecule has 4 nitrogen and oxygen atoms in total. The van der Waals surface area contributed by atoms with E-state index in [2.05, 4.69) is 5.32 Å². The van der Waals surface area contributed by atoms with Crippen molar-refractivity contribution >= 4 is 11.8 Å². The van der Waals surface area contributed by atoms with Crippen LogP contribution < -0.4 is 5.32 Å². The van der Waals surface area contributed by atoms with Crippen LogP contribution in [0.3, 0.4) is 0 Å². The molecule has 1 unspecified atom stereocenters. The van der Waals surface area contributed by atoms with Crippen LogP contribution in [0.15, 0.2) is 24.3 Å². The van der Waals surface area contributed by atoms with Crippen LogP contribution in [0.5, 0.6) is 0 Å². The molecule has 1 atom stereocenters. The summed E-state index contributed by atoms with van der Waals surface area (Å²) in [6.07, 6.45) is 1.87. The van der Waals surface area contributed by atoms with Crippen LogP contribution in [0.2, 0.25) is 0 Å². The molecule has 102 valence electrons. The van der Waals surface area contributed by atoms with Crippen molar-refractivity contribution in [3.8, 4) is 0 Å². The van der Waals surface area contributed by atoms with E-state index in [4.69, 9.17) is 0 Å². The molecule has 0 spiro atoms. The van der Waals surface area contributed by atoms with Gasteiger partial charge in [-0.1, -0.05) is 17.7 Å². The van der Waals surface area contributed by atoms with Gasteiger partial charge < -0.3 is 10.2 Å². The molecule has 1 fully saturated rings. The Morgan fingerprint density at radius 3 is 2.84 bits per heavy atom. The van der Waals surface area contributed by atoms with Crippen molar-refractivity contribution in [3.63, 3.8) is 0 Å². The number of aryl methyl sites for hydroxylation is 1. The van der Waals surface area contributed by atoms with Gasteiger partial charge in [0.15, 0.2) is 0 Å². The van der Waals surface area contributed by atoms with Gasteiger partial charge in [0.05, 0.1) is 0 Å². The fraction of sp³-hybridized carbons (Fsp3) is 0.467. The molecule has 1 aliphatic heterocycles. The van der Waals surface area contributed by atoms with Crippen molar-refractivity contribution in [3.05, 3.63) is 35.4 Å². The van der Waals surface area contributed by atoms with Gasteiger partial charge in [-0.15, -0.1) is 0 Å². The SMILES string of the molecule is CC(=O)NC1CCCN(C(=O)c2cccc(C)c2)C1. The number of hydrogen-bond donors (Lipinski definition) is 1. The normalized spacial score (nSPS) is 19.1. The molecule has 0 bridgehead atoms. The highest BCUT2D eigenvalue weighted by Crippen LogP contribution is 2.14. The summed E-state index contributed by atoms with van der Waals surface area (Å²) in [6, 6.07) is 7.71. The Hall–Kier alpha value is -1.84. The maximum absolute atomic E-state index is 12.4. The van der Waals surface area contributed by atoms with Crippen molar-refractivity contribution in [2.45, 2.75) is 32.7 Å². The molecule has 19 heavy (non-hydrogen) atoms. The molecule has 1 aliphatic rings. The van der Waals surface area contributed by atoms with Gasteiger partial charge in [0, 0.05) is 31.6 Å². The molecule has 2 amide bonds. The summed E-state index contributed by atoms with van der Waals surface area (Å²) in [7, 11) is 0. The summed E-state index contributed by atoms with van der Waals surface area (Å²) in [5.74, 6) is 0.0219. The topological polar surface area (TPSA) is 49.4 Å². The number of likely N-dealkylation sites (tertiary alicyclic amines) is 1. The molecule has 4 heteroatoms. The molecular formula is C15H20N2O2. The summed E-state index contributed by atoms with van der Waals surface area (Å²) in [4.78, 5) is 25.3. The Morgan fingerprint density at radius 1 is 1.37 bits per heavy atom. The van der Waals surface area contributed by atoms with Crippen molar-refractivity contribution in [2.75, 3.05) is 13.1 Å². The molecule has 0 aliphatic carbocycles. The van der Waals surface area contributed by atoms with E-state index in [-0.39, 0.29) is 17.9 Å². The number of carbonyl (C=O) groups excluding carboxylic acids is 2. The van der Waals surface area contributed by atoms with Crippen molar-refractivity contribution in [2.24, 2.45) is 0 Å². The molecule has 1 N–H and O–H groups in total. The second kappa shape index (κ2) is 5.87. The van der Waals surface area contributed by atoms with Crippen molar-refractivity contribution < 1.29 is 9.59 Å². The molecule has 1 saturated heterocycles. The maximum atomic E-state index is 12.4. The highest BCUT2D eigenvalue weighted by atomic mass is 16.2. The van der Waals surface area contributed by atoms with E-state index in [1.165, 1.54) is 6.92 Å². The van der Waals surface area contributed by atoms with Gasteiger partial charge in [-0.3, -0.25) is 9.59 Å². The lowest BCUT2D eigenvalue weighted by molar-refractivity contribution is -0.120.